The normalized spacial score (nSPS) is 14.2. The van der Waals surface area contributed by atoms with Gasteiger partial charge in [-0.3, -0.25) is 4.79 Å². The monoisotopic (exact) mass is 187 g/mol. The van der Waals surface area contributed by atoms with Crippen molar-refractivity contribution in [3.63, 3.8) is 0 Å². The van der Waals surface area contributed by atoms with Crippen molar-refractivity contribution in [1.29, 1.82) is 0 Å². The first-order chi connectivity index (χ1) is 5.95. The third kappa shape index (κ3) is 3.87. The molecular weight excluding hydrogens is 166 g/mol. The van der Waals surface area contributed by atoms with Gasteiger partial charge < -0.3 is 10.5 Å². The molecular formula is C10H21NO2. The second-order valence-electron chi connectivity index (χ2n) is 4.13. The average Bonchev–Trinajstić information content (AvgIpc) is 2.12. The van der Waals surface area contributed by atoms with Crippen LogP contribution in [0.25, 0.3) is 0 Å². The minimum absolute atomic E-state index is 0.0403. The number of rotatable bonds is 6. The van der Waals surface area contributed by atoms with Gasteiger partial charge in [0.15, 0.2) is 0 Å². The summed E-state index contributed by atoms with van der Waals surface area (Å²) in [5.74, 6) is 0.269. The molecule has 0 saturated heterocycles. The highest BCUT2D eigenvalue weighted by Crippen LogP contribution is 2.21. The van der Waals surface area contributed by atoms with Crippen molar-refractivity contribution >= 4 is 5.78 Å². The van der Waals surface area contributed by atoms with Gasteiger partial charge in [0.05, 0.1) is 0 Å². The van der Waals surface area contributed by atoms with Gasteiger partial charge in [0.2, 0.25) is 0 Å². The summed E-state index contributed by atoms with van der Waals surface area (Å²) in [4.78, 5) is 11.8. The van der Waals surface area contributed by atoms with Gasteiger partial charge in [0.1, 0.15) is 5.78 Å². The maximum atomic E-state index is 11.8. The van der Waals surface area contributed by atoms with Crippen molar-refractivity contribution in [1.82, 2.24) is 0 Å². The van der Waals surface area contributed by atoms with Crippen molar-refractivity contribution in [2.45, 2.75) is 27.2 Å². The summed E-state index contributed by atoms with van der Waals surface area (Å²) in [6.07, 6.45) is 0.777. The number of carbonyl (C=O) groups is 1. The van der Waals surface area contributed by atoms with Gasteiger partial charge in [-0.2, -0.15) is 0 Å². The summed E-state index contributed by atoms with van der Waals surface area (Å²) in [5.41, 5.74) is 5.13. The molecule has 78 valence electrons. The molecule has 0 aromatic carbocycles. The van der Waals surface area contributed by atoms with Crippen molar-refractivity contribution in [2.75, 3.05) is 20.3 Å². The molecule has 0 aliphatic rings. The third-order valence-corrected chi connectivity index (χ3v) is 2.38. The maximum absolute atomic E-state index is 11.8. The molecule has 0 aromatic heterocycles. The number of ketones is 1. The van der Waals surface area contributed by atoms with Crippen LogP contribution in [0.1, 0.15) is 27.2 Å². The summed E-state index contributed by atoms with van der Waals surface area (Å²) in [6.45, 7) is 6.74. The topological polar surface area (TPSA) is 52.3 Å². The number of carbonyl (C=O) groups excluding carboxylic acids is 1. The molecule has 0 amide bonds. The van der Waals surface area contributed by atoms with Crippen LogP contribution in [0.5, 0.6) is 0 Å². The largest absolute Gasteiger partial charge is 0.385 e. The highest BCUT2D eigenvalue weighted by molar-refractivity contribution is 5.86. The Balaban J connectivity index is 4.09. The van der Waals surface area contributed by atoms with Crippen molar-refractivity contribution < 1.29 is 9.53 Å². The summed E-state index contributed by atoms with van der Waals surface area (Å²) in [5, 5.41) is 0. The zero-order chi connectivity index (χ0) is 10.5. The summed E-state index contributed by atoms with van der Waals surface area (Å²) in [6, 6.07) is 0. The minimum atomic E-state index is -0.396. The molecule has 0 bridgehead atoms. The number of Topliss-reactive ketones (excluding diaryl/α,β-unsaturated/α-hetero) is 1. The molecule has 0 saturated carbocycles. The van der Waals surface area contributed by atoms with E-state index >= 15 is 0 Å². The molecule has 0 aromatic rings. The molecule has 0 rings (SSSR count). The number of ether oxygens (including phenoxy) is 1. The number of hydrogen-bond donors (Lipinski definition) is 1. The lowest BCUT2D eigenvalue weighted by molar-refractivity contribution is -0.130. The lowest BCUT2D eigenvalue weighted by Gasteiger charge is -2.24. The number of hydrogen-bond acceptors (Lipinski definition) is 3. The van der Waals surface area contributed by atoms with E-state index in [-0.39, 0.29) is 11.7 Å². The van der Waals surface area contributed by atoms with Crippen LogP contribution in [0.4, 0.5) is 0 Å². The van der Waals surface area contributed by atoms with Gasteiger partial charge in [0.25, 0.3) is 0 Å². The van der Waals surface area contributed by atoms with Crippen LogP contribution in [0.15, 0.2) is 0 Å². The Morgan fingerprint density at radius 2 is 2.08 bits per heavy atom. The van der Waals surface area contributed by atoms with Gasteiger partial charge >= 0.3 is 0 Å². The molecule has 0 spiro atoms. The number of methoxy groups -OCH3 is 1. The van der Waals surface area contributed by atoms with Crippen LogP contribution in [0.3, 0.4) is 0 Å². The van der Waals surface area contributed by atoms with Gasteiger partial charge in [-0.25, -0.2) is 0 Å². The fourth-order valence-electron chi connectivity index (χ4n) is 1.19. The Morgan fingerprint density at radius 3 is 2.46 bits per heavy atom. The van der Waals surface area contributed by atoms with Gasteiger partial charge in [-0.15, -0.1) is 0 Å². The van der Waals surface area contributed by atoms with Gasteiger partial charge in [0, 0.05) is 31.6 Å². The highest BCUT2D eigenvalue weighted by atomic mass is 16.5. The molecule has 2 N–H and O–H groups in total. The van der Waals surface area contributed by atoms with E-state index < -0.39 is 5.41 Å². The fraction of sp³-hybridized carbons (Fsp3) is 0.900. The molecule has 0 aliphatic heterocycles. The van der Waals surface area contributed by atoms with E-state index in [0.717, 1.165) is 6.42 Å². The Kier molecular flexibility index (Phi) is 5.18. The van der Waals surface area contributed by atoms with Crippen molar-refractivity contribution in [3.8, 4) is 0 Å². The van der Waals surface area contributed by atoms with Crippen LogP contribution in [-0.2, 0) is 9.53 Å². The third-order valence-electron chi connectivity index (χ3n) is 2.38. The fourth-order valence-corrected chi connectivity index (χ4v) is 1.19. The Labute approximate surface area is 80.6 Å². The molecule has 13 heavy (non-hydrogen) atoms. The summed E-state index contributed by atoms with van der Waals surface area (Å²) in [7, 11) is 1.64. The predicted octanol–water partition coefficient (Wildman–Crippen LogP) is 1.21. The quantitative estimate of drug-likeness (QED) is 0.680. The van der Waals surface area contributed by atoms with E-state index in [1.165, 1.54) is 0 Å². The highest BCUT2D eigenvalue weighted by Gasteiger charge is 2.29. The SMILES string of the molecule is COCCC(C)C(=O)C(C)(C)CN. The molecule has 0 aliphatic carbocycles. The Morgan fingerprint density at radius 1 is 1.54 bits per heavy atom. The molecule has 0 heterocycles. The Bertz CT molecular complexity index is 166. The van der Waals surface area contributed by atoms with Gasteiger partial charge in [-0.1, -0.05) is 20.8 Å². The minimum Gasteiger partial charge on any atom is -0.385 e. The summed E-state index contributed by atoms with van der Waals surface area (Å²) < 4.78 is 4.93. The lowest BCUT2D eigenvalue weighted by Crippen LogP contribution is -2.36. The molecule has 1 unspecified atom stereocenters. The maximum Gasteiger partial charge on any atom is 0.142 e. The first-order valence-corrected chi connectivity index (χ1v) is 4.69. The van der Waals surface area contributed by atoms with E-state index in [0.29, 0.717) is 13.2 Å². The van der Waals surface area contributed by atoms with Gasteiger partial charge in [-0.05, 0) is 6.42 Å². The first kappa shape index (κ1) is 12.6. The molecule has 3 heteroatoms. The zero-order valence-electron chi connectivity index (χ0n) is 9.09. The van der Waals surface area contributed by atoms with Crippen LogP contribution < -0.4 is 5.73 Å². The molecule has 3 nitrogen and oxygen atoms in total. The summed E-state index contributed by atoms with van der Waals surface area (Å²) >= 11 is 0. The molecule has 0 fully saturated rings. The predicted molar refractivity (Wildman–Crippen MR) is 53.5 cm³/mol. The van der Waals surface area contributed by atoms with E-state index in [9.17, 15) is 4.79 Å². The zero-order valence-corrected chi connectivity index (χ0v) is 9.09. The van der Waals surface area contributed by atoms with E-state index in [2.05, 4.69) is 0 Å². The average molecular weight is 187 g/mol. The van der Waals surface area contributed by atoms with E-state index in [4.69, 9.17) is 10.5 Å². The Hall–Kier alpha value is -0.410. The van der Waals surface area contributed by atoms with Crippen LogP contribution in [-0.4, -0.2) is 26.0 Å². The molecule has 0 radical (unpaired) electrons. The molecule has 1 atom stereocenters. The second kappa shape index (κ2) is 5.35. The van der Waals surface area contributed by atoms with Crippen LogP contribution >= 0.6 is 0 Å². The lowest BCUT2D eigenvalue weighted by atomic mass is 9.81. The van der Waals surface area contributed by atoms with Crippen molar-refractivity contribution in [3.05, 3.63) is 0 Å². The van der Waals surface area contributed by atoms with Crippen LogP contribution in [0.2, 0.25) is 0 Å². The van der Waals surface area contributed by atoms with E-state index in [1.807, 2.05) is 20.8 Å². The first-order valence-electron chi connectivity index (χ1n) is 4.69. The number of nitrogens with two attached hydrogens (primary N) is 1. The standard InChI is InChI=1S/C10H21NO2/c1-8(5-6-13-4)9(12)10(2,3)7-11/h8H,5-7,11H2,1-4H3. The van der Waals surface area contributed by atoms with E-state index in [1.54, 1.807) is 7.11 Å². The van der Waals surface area contributed by atoms with Crippen molar-refractivity contribution in [2.24, 2.45) is 17.1 Å². The smallest absolute Gasteiger partial charge is 0.142 e. The second-order valence-corrected chi connectivity index (χ2v) is 4.13. The van der Waals surface area contributed by atoms with Crippen LogP contribution in [0, 0.1) is 11.3 Å².